The van der Waals surface area contributed by atoms with Crippen LogP contribution in [0.15, 0.2) is 12.4 Å². The number of urea groups is 1. The van der Waals surface area contributed by atoms with Gasteiger partial charge >= 0.3 is 6.03 Å². The van der Waals surface area contributed by atoms with E-state index in [1.165, 1.54) is 0 Å². The highest BCUT2D eigenvalue weighted by Gasteiger charge is 2.29. The van der Waals surface area contributed by atoms with Crippen LogP contribution in [-0.4, -0.2) is 71.5 Å². The number of nitrogens with one attached hydrogen (secondary N) is 2. The van der Waals surface area contributed by atoms with Crippen molar-refractivity contribution in [1.29, 1.82) is 0 Å². The van der Waals surface area contributed by atoms with E-state index in [0.717, 1.165) is 57.6 Å². The molecule has 2 saturated heterocycles. The maximum Gasteiger partial charge on any atom is 0.318 e. The fourth-order valence-electron chi connectivity index (χ4n) is 3.85. The van der Waals surface area contributed by atoms with Crippen LogP contribution in [0.25, 0.3) is 0 Å². The number of hydrogen-bond donors (Lipinski definition) is 2. The van der Waals surface area contributed by atoms with Gasteiger partial charge in [0.15, 0.2) is 0 Å². The highest BCUT2D eigenvalue weighted by molar-refractivity contribution is 5.74. The van der Waals surface area contributed by atoms with Crippen LogP contribution in [0.4, 0.5) is 4.79 Å². The third kappa shape index (κ3) is 4.95. The summed E-state index contributed by atoms with van der Waals surface area (Å²) in [6.45, 7) is 9.55. The van der Waals surface area contributed by atoms with Gasteiger partial charge in [0, 0.05) is 44.5 Å². The molecule has 0 bridgehead atoms. The number of ether oxygens (including phenoxy) is 1. The van der Waals surface area contributed by atoms with Crippen molar-refractivity contribution in [2.45, 2.75) is 45.3 Å². The number of carbonyl (C=O) groups excluding carboxylic acids is 1. The zero-order valence-electron chi connectivity index (χ0n) is 15.4. The molecule has 0 aliphatic carbocycles. The van der Waals surface area contributed by atoms with Crippen LogP contribution in [0, 0.1) is 5.92 Å². The number of hydrogen-bond acceptors (Lipinski definition) is 4. The maximum atomic E-state index is 12.7. The number of H-pyrrole nitrogens is 1. The minimum Gasteiger partial charge on any atom is -0.374 e. The van der Waals surface area contributed by atoms with E-state index in [-0.39, 0.29) is 18.2 Å². The molecule has 3 heterocycles. The quantitative estimate of drug-likeness (QED) is 0.853. The van der Waals surface area contributed by atoms with Crippen molar-refractivity contribution in [1.82, 2.24) is 25.3 Å². The molecule has 2 amide bonds. The van der Waals surface area contributed by atoms with Crippen molar-refractivity contribution in [3.05, 3.63) is 18.0 Å². The Morgan fingerprint density at radius 2 is 2.32 bits per heavy atom. The normalized spacial score (nSPS) is 25.3. The molecule has 0 spiro atoms. The number of aromatic nitrogens is 2. The number of aromatic amines is 1. The highest BCUT2D eigenvalue weighted by atomic mass is 16.5. The molecule has 140 valence electrons. The molecule has 1 aromatic rings. The predicted molar refractivity (Wildman–Crippen MR) is 96.3 cm³/mol. The zero-order valence-corrected chi connectivity index (χ0v) is 15.4. The molecule has 2 fully saturated rings. The maximum absolute atomic E-state index is 12.7. The minimum absolute atomic E-state index is 0.00971. The first-order valence-corrected chi connectivity index (χ1v) is 9.50. The Bertz CT molecular complexity index is 534. The van der Waals surface area contributed by atoms with E-state index in [2.05, 4.69) is 34.3 Å². The lowest BCUT2D eigenvalue weighted by Crippen LogP contribution is -2.51. The summed E-state index contributed by atoms with van der Waals surface area (Å²) in [6.07, 6.45) is 7.00. The molecular weight excluding hydrogens is 318 g/mol. The van der Waals surface area contributed by atoms with Gasteiger partial charge in [-0.3, -0.25) is 10.00 Å². The Morgan fingerprint density at radius 1 is 1.44 bits per heavy atom. The monoisotopic (exact) mass is 349 g/mol. The average molecular weight is 349 g/mol. The molecule has 3 rings (SSSR count). The van der Waals surface area contributed by atoms with E-state index in [1.54, 1.807) is 0 Å². The smallest absolute Gasteiger partial charge is 0.318 e. The van der Waals surface area contributed by atoms with Gasteiger partial charge in [-0.1, -0.05) is 13.8 Å². The number of rotatable bonds is 5. The molecule has 2 aliphatic heterocycles. The van der Waals surface area contributed by atoms with Crippen LogP contribution < -0.4 is 5.32 Å². The van der Waals surface area contributed by atoms with E-state index in [1.807, 2.05) is 17.3 Å². The predicted octanol–water partition coefficient (Wildman–Crippen LogP) is 2.00. The number of morpholine rings is 1. The van der Waals surface area contributed by atoms with Gasteiger partial charge in [-0.2, -0.15) is 5.10 Å². The molecule has 7 nitrogen and oxygen atoms in total. The summed E-state index contributed by atoms with van der Waals surface area (Å²) in [6, 6.07) is 0.132. The second-order valence-corrected chi connectivity index (χ2v) is 7.57. The summed E-state index contributed by atoms with van der Waals surface area (Å²) < 4.78 is 5.84. The van der Waals surface area contributed by atoms with E-state index < -0.39 is 0 Å². The molecular formula is C18H31N5O2. The van der Waals surface area contributed by atoms with E-state index in [4.69, 9.17) is 4.74 Å². The van der Waals surface area contributed by atoms with Crippen LogP contribution in [0.3, 0.4) is 0 Å². The molecule has 0 saturated carbocycles. The average Bonchev–Trinajstić information content (AvgIpc) is 3.14. The number of piperidine rings is 1. The molecule has 1 aromatic heterocycles. The largest absolute Gasteiger partial charge is 0.374 e. The van der Waals surface area contributed by atoms with E-state index in [0.29, 0.717) is 12.5 Å². The van der Waals surface area contributed by atoms with Crippen LogP contribution in [0.5, 0.6) is 0 Å². The summed E-state index contributed by atoms with van der Waals surface area (Å²) >= 11 is 0. The molecule has 7 heteroatoms. The summed E-state index contributed by atoms with van der Waals surface area (Å²) in [5, 5.41) is 9.98. The second kappa shape index (κ2) is 8.67. The third-order valence-electron chi connectivity index (χ3n) is 5.00. The first-order chi connectivity index (χ1) is 12.1. The van der Waals surface area contributed by atoms with Crippen molar-refractivity contribution in [2.24, 2.45) is 5.92 Å². The molecule has 2 atom stereocenters. The number of carbonyl (C=O) groups is 1. The van der Waals surface area contributed by atoms with Crippen molar-refractivity contribution >= 4 is 6.03 Å². The molecule has 25 heavy (non-hydrogen) atoms. The second-order valence-electron chi connectivity index (χ2n) is 7.57. The fraction of sp³-hybridized carbons (Fsp3) is 0.778. The molecule has 2 aliphatic rings. The Hall–Kier alpha value is -1.60. The van der Waals surface area contributed by atoms with Crippen molar-refractivity contribution in [3.63, 3.8) is 0 Å². The number of nitrogens with zero attached hydrogens (tertiary/aromatic N) is 3. The first kappa shape index (κ1) is 18.2. The molecule has 2 N–H and O–H groups in total. The lowest BCUT2D eigenvalue weighted by molar-refractivity contribution is -0.0296. The van der Waals surface area contributed by atoms with Gasteiger partial charge in [0.2, 0.25) is 0 Å². The standard InChI is InChI=1S/C18H31N5O2/c1-14(2)12-22-7-8-25-16(13-22)11-19-18(24)23-6-4-3-5-17(23)15-9-20-21-10-15/h9-10,14,16-17H,3-8,11-13H2,1-2H3,(H,19,24)(H,20,21)/t16-,17+/m1/s1. The third-order valence-corrected chi connectivity index (χ3v) is 5.00. The SMILES string of the molecule is CC(C)CN1CCO[C@H](CNC(=O)N2CCCC[C@H]2c2cn[nH]c2)C1. The topological polar surface area (TPSA) is 73.5 Å². The highest BCUT2D eigenvalue weighted by Crippen LogP contribution is 2.30. The Kier molecular flexibility index (Phi) is 6.31. The number of likely N-dealkylation sites (tertiary alicyclic amines) is 1. The van der Waals surface area contributed by atoms with Crippen LogP contribution in [-0.2, 0) is 4.74 Å². The summed E-state index contributed by atoms with van der Waals surface area (Å²) in [5.41, 5.74) is 1.09. The van der Waals surface area contributed by atoms with Gasteiger partial charge in [0.05, 0.1) is 24.9 Å². The van der Waals surface area contributed by atoms with Gasteiger partial charge in [-0.05, 0) is 25.2 Å². The van der Waals surface area contributed by atoms with Gasteiger partial charge in [-0.15, -0.1) is 0 Å². The molecule has 0 radical (unpaired) electrons. The van der Waals surface area contributed by atoms with Gasteiger partial charge in [-0.25, -0.2) is 4.79 Å². The van der Waals surface area contributed by atoms with Gasteiger partial charge < -0.3 is 15.0 Å². The first-order valence-electron chi connectivity index (χ1n) is 9.50. The minimum atomic E-state index is 0.00971. The van der Waals surface area contributed by atoms with Gasteiger partial charge in [0.25, 0.3) is 0 Å². The van der Waals surface area contributed by atoms with Crippen molar-refractivity contribution in [3.8, 4) is 0 Å². The van der Waals surface area contributed by atoms with Crippen molar-refractivity contribution < 1.29 is 9.53 Å². The summed E-state index contributed by atoms with van der Waals surface area (Å²) in [7, 11) is 0. The van der Waals surface area contributed by atoms with Crippen LogP contribution >= 0.6 is 0 Å². The summed E-state index contributed by atoms with van der Waals surface area (Å²) in [4.78, 5) is 17.1. The Balaban J connectivity index is 1.51. The summed E-state index contributed by atoms with van der Waals surface area (Å²) in [5.74, 6) is 0.650. The molecule has 0 unspecified atom stereocenters. The fourth-order valence-corrected chi connectivity index (χ4v) is 3.85. The van der Waals surface area contributed by atoms with Crippen molar-refractivity contribution in [2.75, 3.05) is 39.3 Å². The van der Waals surface area contributed by atoms with Gasteiger partial charge in [0.1, 0.15) is 0 Å². The van der Waals surface area contributed by atoms with Crippen LogP contribution in [0.2, 0.25) is 0 Å². The van der Waals surface area contributed by atoms with E-state index >= 15 is 0 Å². The zero-order chi connectivity index (χ0) is 17.6. The van der Waals surface area contributed by atoms with Crippen LogP contribution in [0.1, 0.15) is 44.7 Å². The van der Waals surface area contributed by atoms with E-state index in [9.17, 15) is 4.79 Å². The Labute approximate surface area is 150 Å². The number of amides is 2. The lowest BCUT2D eigenvalue weighted by atomic mass is 9.98. The Morgan fingerprint density at radius 3 is 3.08 bits per heavy atom. The lowest BCUT2D eigenvalue weighted by Gasteiger charge is -2.37. The molecule has 0 aromatic carbocycles.